The summed E-state index contributed by atoms with van der Waals surface area (Å²) in [6.07, 6.45) is 4.20. The first-order chi connectivity index (χ1) is 9.20. The summed E-state index contributed by atoms with van der Waals surface area (Å²) in [5.74, 6) is 5.92. The zero-order valence-electron chi connectivity index (χ0n) is 10.7. The molecule has 0 unspecified atom stereocenters. The highest BCUT2D eigenvalue weighted by Crippen LogP contribution is 2.27. The van der Waals surface area contributed by atoms with Crippen LogP contribution in [0, 0.1) is 17.8 Å². The zero-order valence-corrected chi connectivity index (χ0v) is 11.5. The van der Waals surface area contributed by atoms with E-state index >= 15 is 0 Å². The molecule has 0 heterocycles. The molecular weight excluding hydrogens is 260 g/mol. The van der Waals surface area contributed by atoms with Crippen LogP contribution in [0.25, 0.3) is 0 Å². The van der Waals surface area contributed by atoms with E-state index in [0.717, 1.165) is 31.2 Å². The number of halogens is 1. The van der Waals surface area contributed by atoms with E-state index in [-0.39, 0.29) is 11.8 Å². The molecule has 3 N–H and O–H groups in total. The molecule has 0 aromatic heterocycles. The predicted octanol–water partition coefficient (Wildman–Crippen LogP) is 2.78. The lowest BCUT2D eigenvalue weighted by Gasteiger charge is -2.12. The summed E-state index contributed by atoms with van der Waals surface area (Å²) >= 11 is 5.97. The molecule has 2 rings (SSSR count). The Kier molecular flexibility index (Phi) is 4.84. The molecule has 0 aliphatic heterocycles. The average molecular weight is 277 g/mol. The first-order valence-electron chi connectivity index (χ1n) is 6.50. The summed E-state index contributed by atoms with van der Waals surface area (Å²) in [6.45, 7) is 0.290. The van der Waals surface area contributed by atoms with Gasteiger partial charge in [0.1, 0.15) is 0 Å². The van der Waals surface area contributed by atoms with Gasteiger partial charge in [0.05, 0.1) is 12.2 Å². The summed E-state index contributed by atoms with van der Waals surface area (Å²) in [5.41, 5.74) is 6.79. The molecule has 100 valence electrons. The van der Waals surface area contributed by atoms with Gasteiger partial charge in [-0.25, -0.2) is 0 Å². The second kappa shape index (κ2) is 6.60. The van der Waals surface area contributed by atoms with Crippen molar-refractivity contribution in [1.29, 1.82) is 0 Å². The van der Waals surface area contributed by atoms with E-state index in [1.807, 2.05) is 0 Å². The zero-order chi connectivity index (χ0) is 13.7. The molecule has 1 fully saturated rings. The van der Waals surface area contributed by atoms with Crippen LogP contribution in [-0.4, -0.2) is 12.5 Å². The van der Waals surface area contributed by atoms with Crippen LogP contribution in [0.3, 0.4) is 0 Å². The molecule has 0 radical (unpaired) electrons. The SMILES string of the molecule is NCC#Cc1ccc(Cl)cc1NC(=O)C1CCCC1. The topological polar surface area (TPSA) is 55.1 Å². The molecule has 1 aromatic carbocycles. The standard InChI is InChI=1S/C15H17ClN2O/c16-13-8-7-11(6-3-9-17)14(10-13)18-15(19)12-4-1-2-5-12/h7-8,10,12H,1-2,4-5,9,17H2,(H,18,19). The van der Waals surface area contributed by atoms with Crippen molar-refractivity contribution in [2.24, 2.45) is 11.7 Å². The van der Waals surface area contributed by atoms with Crippen molar-refractivity contribution in [2.75, 3.05) is 11.9 Å². The lowest BCUT2D eigenvalue weighted by Crippen LogP contribution is -2.20. The lowest BCUT2D eigenvalue weighted by atomic mass is 10.1. The van der Waals surface area contributed by atoms with Gasteiger partial charge >= 0.3 is 0 Å². The van der Waals surface area contributed by atoms with E-state index in [4.69, 9.17) is 17.3 Å². The van der Waals surface area contributed by atoms with Gasteiger partial charge < -0.3 is 11.1 Å². The van der Waals surface area contributed by atoms with Crippen molar-refractivity contribution in [1.82, 2.24) is 0 Å². The summed E-state index contributed by atoms with van der Waals surface area (Å²) in [7, 11) is 0. The van der Waals surface area contributed by atoms with Crippen LogP contribution in [0.5, 0.6) is 0 Å². The molecule has 0 spiro atoms. The molecule has 0 atom stereocenters. The molecule has 19 heavy (non-hydrogen) atoms. The molecule has 1 amide bonds. The Hall–Kier alpha value is -1.50. The third-order valence-electron chi connectivity index (χ3n) is 3.29. The minimum Gasteiger partial charge on any atom is -0.325 e. The number of rotatable bonds is 2. The number of nitrogens with two attached hydrogens (primary N) is 1. The van der Waals surface area contributed by atoms with Crippen LogP contribution in [0.2, 0.25) is 5.02 Å². The van der Waals surface area contributed by atoms with Crippen LogP contribution in [0.15, 0.2) is 18.2 Å². The summed E-state index contributed by atoms with van der Waals surface area (Å²) in [6, 6.07) is 5.29. The van der Waals surface area contributed by atoms with Crippen molar-refractivity contribution in [3.8, 4) is 11.8 Å². The van der Waals surface area contributed by atoms with Crippen molar-refractivity contribution in [3.05, 3.63) is 28.8 Å². The van der Waals surface area contributed by atoms with Crippen molar-refractivity contribution in [2.45, 2.75) is 25.7 Å². The lowest BCUT2D eigenvalue weighted by molar-refractivity contribution is -0.119. The van der Waals surface area contributed by atoms with Crippen molar-refractivity contribution >= 4 is 23.2 Å². The fourth-order valence-corrected chi connectivity index (χ4v) is 2.47. The van der Waals surface area contributed by atoms with Gasteiger partial charge in [-0.1, -0.05) is 36.3 Å². The number of hydrogen-bond donors (Lipinski definition) is 2. The van der Waals surface area contributed by atoms with Crippen LogP contribution < -0.4 is 11.1 Å². The monoisotopic (exact) mass is 276 g/mol. The maximum Gasteiger partial charge on any atom is 0.227 e. The third-order valence-corrected chi connectivity index (χ3v) is 3.53. The summed E-state index contributed by atoms with van der Waals surface area (Å²) < 4.78 is 0. The predicted molar refractivity (Wildman–Crippen MR) is 78.0 cm³/mol. The molecule has 4 heteroatoms. The fraction of sp³-hybridized carbons (Fsp3) is 0.400. The second-order valence-corrected chi connectivity index (χ2v) is 5.10. The fourth-order valence-electron chi connectivity index (χ4n) is 2.30. The van der Waals surface area contributed by atoms with Crippen LogP contribution >= 0.6 is 11.6 Å². The number of anilines is 1. The van der Waals surface area contributed by atoms with Crippen molar-refractivity contribution in [3.63, 3.8) is 0 Å². The first kappa shape index (κ1) is 13.9. The molecule has 1 aliphatic rings. The number of benzene rings is 1. The van der Waals surface area contributed by atoms with E-state index < -0.39 is 0 Å². The number of nitrogens with one attached hydrogen (secondary N) is 1. The highest BCUT2D eigenvalue weighted by atomic mass is 35.5. The minimum absolute atomic E-state index is 0.0653. The van der Waals surface area contributed by atoms with Crippen LogP contribution in [-0.2, 0) is 4.79 Å². The minimum atomic E-state index is 0.0653. The van der Waals surface area contributed by atoms with Gasteiger partial charge in [0.25, 0.3) is 0 Å². The normalized spacial score (nSPS) is 14.8. The van der Waals surface area contributed by atoms with Crippen LogP contribution in [0.1, 0.15) is 31.2 Å². The van der Waals surface area contributed by atoms with Gasteiger partial charge in [0, 0.05) is 16.5 Å². The van der Waals surface area contributed by atoms with E-state index in [1.54, 1.807) is 18.2 Å². The summed E-state index contributed by atoms with van der Waals surface area (Å²) in [5, 5.41) is 3.52. The Labute approximate surface area is 118 Å². The van der Waals surface area contributed by atoms with E-state index in [2.05, 4.69) is 17.2 Å². The number of amides is 1. The first-order valence-corrected chi connectivity index (χ1v) is 6.88. The van der Waals surface area contributed by atoms with Gasteiger partial charge in [-0.15, -0.1) is 0 Å². The van der Waals surface area contributed by atoms with Gasteiger partial charge in [-0.3, -0.25) is 4.79 Å². The van der Waals surface area contributed by atoms with E-state index in [0.29, 0.717) is 17.3 Å². The van der Waals surface area contributed by atoms with Gasteiger partial charge in [0.2, 0.25) is 5.91 Å². The highest BCUT2D eigenvalue weighted by molar-refractivity contribution is 6.31. The Morgan fingerprint density at radius 2 is 2.16 bits per heavy atom. The van der Waals surface area contributed by atoms with E-state index in [9.17, 15) is 4.79 Å². The Balaban J connectivity index is 2.17. The quantitative estimate of drug-likeness (QED) is 0.816. The maximum absolute atomic E-state index is 12.1. The Morgan fingerprint density at radius 3 is 2.84 bits per heavy atom. The summed E-state index contributed by atoms with van der Waals surface area (Å²) in [4.78, 5) is 12.1. The molecule has 3 nitrogen and oxygen atoms in total. The third kappa shape index (κ3) is 3.73. The van der Waals surface area contributed by atoms with Crippen LogP contribution in [0.4, 0.5) is 5.69 Å². The number of carbonyl (C=O) groups is 1. The molecule has 1 aromatic rings. The van der Waals surface area contributed by atoms with Gasteiger partial charge in [-0.2, -0.15) is 0 Å². The van der Waals surface area contributed by atoms with Gasteiger partial charge in [-0.05, 0) is 31.0 Å². The number of carbonyl (C=O) groups excluding carboxylic acids is 1. The molecule has 0 saturated heterocycles. The second-order valence-electron chi connectivity index (χ2n) is 4.67. The largest absolute Gasteiger partial charge is 0.325 e. The molecule has 1 saturated carbocycles. The number of hydrogen-bond acceptors (Lipinski definition) is 2. The average Bonchev–Trinajstić information content (AvgIpc) is 2.92. The van der Waals surface area contributed by atoms with Gasteiger partial charge in [0.15, 0.2) is 0 Å². The maximum atomic E-state index is 12.1. The Morgan fingerprint density at radius 1 is 1.42 bits per heavy atom. The Bertz CT molecular complexity index is 525. The molecular formula is C15H17ClN2O. The highest BCUT2D eigenvalue weighted by Gasteiger charge is 2.23. The smallest absolute Gasteiger partial charge is 0.227 e. The van der Waals surface area contributed by atoms with E-state index in [1.165, 1.54) is 0 Å². The molecule has 1 aliphatic carbocycles. The molecule has 0 bridgehead atoms. The van der Waals surface area contributed by atoms with Crippen molar-refractivity contribution < 1.29 is 4.79 Å².